The molecule has 2 N–H and O–H groups in total. The molecule has 0 spiro atoms. The fourth-order valence-electron chi connectivity index (χ4n) is 3.07. The maximum atomic E-state index is 9.95. The Morgan fingerprint density at radius 1 is 1.35 bits per heavy atom. The maximum Gasteiger partial charge on any atom is 0.0682 e. The maximum absolute atomic E-state index is 9.95. The van der Waals surface area contributed by atoms with Gasteiger partial charge in [-0.1, -0.05) is 27.7 Å². The molecular formula is C16H35N3O. The third kappa shape index (κ3) is 6.53. The first kappa shape index (κ1) is 17.9. The highest BCUT2D eigenvalue weighted by Crippen LogP contribution is 2.24. The molecule has 2 atom stereocenters. The minimum Gasteiger partial charge on any atom is -0.392 e. The Morgan fingerprint density at radius 3 is 2.55 bits per heavy atom. The molecule has 4 heteroatoms. The van der Waals surface area contributed by atoms with E-state index in [-0.39, 0.29) is 11.5 Å². The van der Waals surface area contributed by atoms with Gasteiger partial charge in [-0.15, -0.1) is 0 Å². The van der Waals surface area contributed by atoms with Gasteiger partial charge in [0.2, 0.25) is 0 Å². The van der Waals surface area contributed by atoms with Crippen molar-refractivity contribution in [1.29, 1.82) is 0 Å². The molecule has 0 aromatic carbocycles. The summed E-state index contributed by atoms with van der Waals surface area (Å²) in [6.07, 6.45) is 0.757. The van der Waals surface area contributed by atoms with Crippen LogP contribution in [0.3, 0.4) is 0 Å². The number of aliphatic hydroxyl groups is 1. The number of hydrogen-bond donors (Lipinski definition) is 2. The minimum absolute atomic E-state index is 0.153. The fourth-order valence-corrected chi connectivity index (χ4v) is 3.07. The van der Waals surface area contributed by atoms with Gasteiger partial charge in [-0.05, 0) is 38.4 Å². The van der Waals surface area contributed by atoms with Crippen LogP contribution in [0.2, 0.25) is 0 Å². The molecule has 0 bridgehead atoms. The van der Waals surface area contributed by atoms with Gasteiger partial charge in [0.05, 0.1) is 6.10 Å². The van der Waals surface area contributed by atoms with Crippen molar-refractivity contribution < 1.29 is 5.11 Å². The first-order valence-corrected chi connectivity index (χ1v) is 7.97. The minimum atomic E-state index is -0.153. The van der Waals surface area contributed by atoms with Gasteiger partial charge >= 0.3 is 0 Å². The lowest BCUT2D eigenvalue weighted by Gasteiger charge is -2.35. The Kier molecular flexibility index (Phi) is 6.92. The smallest absolute Gasteiger partial charge is 0.0682 e. The van der Waals surface area contributed by atoms with Crippen LogP contribution in [0.1, 0.15) is 34.1 Å². The fraction of sp³-hybridized carbons (Fsp3) is 1.00. The van der Waals surface area contributed by atoms with Gasteiger partial charge in [0, 0.05) is 32.2 Å². The zero-order valence-corrected chi connectivity index (χ0v) is 14.3. The number of likely N-dealkylation sites (tertiary alicyclic amines) is 1. The molecule has 0 aromatic rings. The van der Waals surface area contributed by atoms with Gasteiger partial charge in [0.25, 0.3) is 0 Å². The topological polar surface area (TPSA) is 38.7 Å². The van der Waals surface area contributed by atoms with Gasteiger partial charge in [-0.2, -0.15) is 0 Å². The van der Waals surface area contributed by atoms with Crippen LogP contribution in [-0.4, -0.2) is 73.9 Å². The molecule has 0 aliphatic carbocycles. The van der Waals surface area contributed by atoms with Crippen LogP contribution in [0.5, 0.6) is 0 Å². The van der Waals surface area contributed by atoms with Crippen molar-refractivity contribution >= 4 is 0 Å². The molecule has 1 heterocycles. The largest absolute Gasteiger partial charge is 0.392 e. The van der Waals surface area contributed by atoms with Crippen molar-refractivity contribution in [3.05, 3.63) is 0 Å². The van der Waals surface area contributed by atoms with Gasteiger partial charge < -0.3 is 15.3 Å². The molecule has 1 saturated heterocycles. The second kappa shape index (κ2) is 7.74. The van der Waals surface area contributed by atoms with Crippen LogP contribution in [-0.2, 0) is 0 Å². The Hall–Kier alpha value is -0.160. The monoisotopic (exact) mass is 285 g/mol. The van der Waals surface area contributed by atoms with E-state index in [4.69, 9.17) is 0 Å². The van der Waals surface area contributed by atoms with Crippen LogP contribution in [0.15, 0.2) is 0 Å². The van der Waals surface area contributed by atoms with E-state index in [1.807, 2.05) is 0 Å². The zero-order chi connectivity index (χ0) is 15.3. The number of nitrogens with one attached hydrogen (secondary N) is 1. The summed E-state index contributed by atoms with van der Waals surface area (Å²) in [7, 11) is 4.22. The van der Waals surface area contributed by atoms with Crippen molar-refractivity contribution in [3.63, 3.8) is 0 Å². The Labute approximate surface area is 125 Å². The number of rotatable bonds is 8. The van der Waals surface area contributed by atoms with Crippen molar-refractivity contribution in [3.8, 4) is 0 Å². The Balaban J connectivity index is 2.46. The third-order valence-electron chi connectivity index (χ3n) is 3.87. The average Bonchev–Trinajstić information content (AvgIpc) is 2.55. The molecule has 1 aliphatic heterocycles. The molecule has 1 rings (SSSR count). The highest BCUT2D eigenvalue weighted by Gasteiger charge is 2.34. The van der Waals surface area contributed by atoms with Gasteiger partial charge in [0.1, 0.15) is 0 Å². The lowest BCUT2D eigenvalue weighted by Crippen LogP contribution is -2.45. The quantitative estimate of drug-likeness (QED) is 0.704. The van der Waals surface area contributed by atoms with E-state index in [1.165, 1.54) is 0 Å². The molecule has 1 aliphatic rings. The summed E-state index contributed by atoms with van der Waals surface area (Å²) in [6, 6.07) is 0.490. The first-order valence-electron chi connectivity index (χ1n) is 7.97. The molecule has 20 heavy (non-hydrogen) atoms. The SMILES string of the molecule is CC(C)CNCC(C)(C)CN1CC(O)CC1CN(C)C. The summed E-state index contributed by atoms with van der Waals surface area (Å²) in [5.41, 5.74) is 0.240. The molecule has 0 aromatic heterocycles. The predicted molar refractivity (Wildman–Crippen MR) is 86.0 cm³/mol. The molecule has 0 radical (unpaired) electrons. The van der Waals surface area contributed by atoms with E-state index in [0.717, 1.165) is 39.1 Å². The average molecular weight is 285 g/mol. The van der Waals surface area contributed by atoms with Gasteiger partial charge in [0.15, 0.2) is 0 Å². The van der Waals surface area contributed by atoms with E-state index < -0.39 is 0 Å². The summed E-state index contributed by atoms with van der Waals surface area (Å²) in [4.78, 5) is 4.70. The van der Waals surface area contributed by atoms with Crippen LogP contribution < -0.4 is 5.32 Å². The Bertz CT molecular complexity index is 279. The number of aliphatic hydroxyl groups excluding tert-OH is 1. The number of hydrogen-bond acceptors (Lipinski definition) is 4. The van der Waals surface area contributed by atoms with Crippen molar-refractivity contribution in [1.82, 2.24) is 15.1 Å². The predicted octanol–water partition coefficient (Wildman–Crippen LogP) is 1.26. The van der Waals surface area contributed by atoms with E-state index in [2.05, 4.69) is 56.9 Å². The zero-order valence-electron chi connectivity index (χ0n) is 14.3. The summed E-state index contributed by atoms with van der Waals surface area (Å²) < 4.78 is 0. The second-order valence-electron chi connectivity index (χ2n) is 7.92. The van der Waals surface area contributed by atoms with Crippen LogP contribution in [0.25, 0.3) is 0 Å². The van der Waals surface area contributed by atoms with Gasteiger partial charge in [-0.25, -0.2) is 0 Å². The molecule has 0 saturated carbocycles. The van der Waals surface area contributed by atoms with Crippen molar-refractivity contribution in [2.75, 3.05) is 46.8 Å². The first-order chi connectivity index (χ1) is 9.19. The van der Waals surface area contributed by atoms with Crippen molar-refractivity contribution in [2.45, 2.75) is 46.3 Å². The highest BCUT2D eigenvalue weighted by molar-refractivity contribution is 4.90. The van der Waals surface area contributed by atoms with Gasteiger partial charge in [-0.3, -0.25) is 4.90 Å². The lowest BCUT2D eigenvalue weighted by molar-refractivity contribution is 0.130. The summed E-state index contributed by atoms with van der Waals surface area (Å²) >= 11 is 0. The molecule has 1 fully saturated rings. The van der Waals surface area contributed by atoms with E-state index >= 15 is 0 Å². The Morgan fingerprint density at radius 2 is 2.00 bits per heavy atom. The van der Waals surface area contributed by atoms with E-state index in [9.17, 15) is 5.11 Å². The number of nitrogens with zero attached hydrogens (tertiary/aromatic N) is 2. The number of β-amino-alcohol motifs (C(OH)–C–C–N with tert-alkyl or cyclic N) is 1. The lowest BCUT2D eigenvalue weighted by atomic mass is 9.92. The molecule has 4 nitrogen and oxygen atoms in total. The standard InChI is InChI=1S/C16H35N3O/c1-13(2)8-17-11-16(3,4)12-19-10-15(20)7-14(19)9-18(5)6/h13-15,17,20H,7-12H2,1-6H3. The van der Waals surface area contributed by atoms with Crippen molar-refractivity contribution in [2.24, 2.45) is 11.3 Å². The number of likely N-dealkylation sites (N-methyl/N-ethyl adjacent to an activating group) is 1. The molecule has 120 valence electrons. The van der Waals surface area contributed by atoms with Crippen LogP contribution in [0, 0.1) is 11.3 Å². The van der Waals surface area contributed by atoms with E-state index in [1.54, 1.807) is 0 Å². The molecular weight excluding hydrogens is 250 g/mol. The molecule has 2 unspecified atom stereocenters. The van der Waals surface area contributed by atoms with E-state index in [0.29, 0.717) is 12.0 Å². The normalized spacial score (nSPS) is 25.1. The third-order valence-corrected chi connectivity index (χ3v) is 3.87. The summed E-state index contributed by atoms with van der Waals surface area (Å²) in [6.45, 7) is 14.1. The van der Waals surface area contributed by atoms with Crippen LogP contribution >= 0.6 is 0 Å². The summed E-state index contributed by atoms with van der Waals surface area (Å²) in [5, 5.41) is 13.5. The summed E-state index contributed by atoms with van der Waals surface area (Å²) in [5.74, 6) is 0.695. The highest BCUT2D eigenvalue weighted by atomic mass is 16.3. The molecule has 0 amide bonds. The van der Waals surface area contributed by atoms with Crippen LogP contribution in [0.4, 0.5) is 0 Å². The second-order valence-corrected chi connectivity index (χ2v) is 7.92.